The van der Waals surface area contributed by atoms with Gasteiger partial charge in [-0.1, -0.05) is 36.4 Å². The number of benzene rings is 3. The third-order valence-corrected chi connectivity index (χ3v) is 8.26. The summed E-state index contributed by atoms with van der Waals surface area (Å²) in [5, 5.41) is -0.0320. The fraction of sp³-hybridized carbons (Fsp3) is 0.367. The first kappa shape index (κ1) is 27.3. The van der Waals surface area contributed by atoms with Crippen LogP contribution in [0.4, 0.5) is 13.2 Å². The summed E-state index contributed by atoms with van der Waals surface area (Å²) >= 11 is 1.76. The molecule has 0 atom stereocenters. The van der Waals surface area contributed by atoms with Gasteiger partial charge in [0.15, 0.2) is 0 Å². The van der Waals surface area contributed by atoms with Gasteiger partial charge in [-0.05, 0) is 74.2 Å². The molecule has 7 heteroatoms. The molecule has 0 radical (unpaired) electrons. The maximum absolute atomic E-state index is 14.1. The zero-order chi connectivity index (χ0) is 26.4. The van der Waals surface area contributed by atoms with Crippen LogP contribution in [-0.4, -0.2) is 53.2 Å². The summed E-state index contributed by atoms with van der Waals surface area (Å²) in [6.07, 6.45) is 1.67. The van der Waals surface area contributed by atoms with Gasteiger partial charge in [0.25, 0.3) is 5.91 Å². The van der Waals surface area contributed by atoms with Crippen molar-refractivity contribution < 1.29 is 18.0 Å². The lowest BCUT2D eigenvalue weighted by Gasteiger charge is -2.40. The number of carbonyl (C=O) groups is 1. The van der Waals surface area contributed by atoms with E-state index >= 15 is 0 Å². The van der Waals surface area contributed by atoms with E-state index in [-0.39, 0.29) is 28.4 Å². The minimum Gasteiger partial charge on any atom is -0.338 e. The Bertz CT molecular complexity index is 1120. The molecule has 196 valence electrons. The van der Waals surface area contributed by atoms with Gasteiger partial charge >= 0.3 is 0 Å². The predicted molar refractivity (Wildman–Crippen MR) is 144 cm³/mol. The number of halogens is 3. The van der Waals surface area contributed by atoms with E-state index in [0.29, 0.717) is 25.2 Å². The fourth-order valence-corrected chi connectivity index (χ4v) is 6.26. The van der Waals surface area contributed by atoms with Crippen molar-refractivity contribution in [1.29, 1.82) is 0 Å². The Kier molecular flexibility index (Phi) is 9.33. The van der Waals surface area contributed by atoms with Gasteiger partial charge in [-0.25, -0.2) is 13.2 Å². The maximum atomic E-state index is 14.1. The lowest BCUT2D eigenvalue weighted by Crippen LogP contribution is -2.49. The monoisotopic (exact) mass is 526 g/mol. The number of hydrogen-bond donors (Lipinski definition) is 0. The van der Waals surface area contributed by atoms with E-state index < -0.39 is 5.82 Å². The van der Waals surface area contributed by atoms with Gasteiger partial charge in [-0.3, -0.25) is 9.69 Å². The smallest absolute Gasteiger partial charge is 0.256 e. The summed E-state index contributed by atoms with van der Waals surface area (Å²) in [7, 11) is 0. The highest BCUT2D eigenvalue weighted by molar-refractivity contribution is 7.99. The van der Waals surface area contributed by atoms with Crippen molar-refractivity contribution >= 4 is 17.7 Å². The predicted octanol–water partition coefficient (Wildman–Crippen LogP) is 6.94. The summed E-state index contributed by atoms with van der Waals surface area (Å²) in [5.74, 6) is -0.446. The summed E-state index contributed by atoms with van der Waals surface area (Å²) in [6, 6.07) is 19.8. The van der Waals surface area contributed by atoms with Gasteiger partial charge in [0.2, 0.25) is 0 Å². The third kappa shape index (κ3) is 6.96. The van der Waals surface area contributed by atoms with Crippen molar-refractivity contribution in [3.8, 4) is 0 Å². The highest BCUT2D eigenvalue weighted by atomic mass is 32.2. The summed E-state index contributed by atoms with van der Waals surface area (Å²) in [6.45, 7) is 6.41. The van der Waals surface area contributed by atoms with Crippen LogP contribution < -0.4 is 0 Å². The van der Waals surface area contributed by atoms with Gasteiger partial charge in [-0.2, -0.15) is 0 Å². The average Bonchev–Trinajstić information content (AvgIpc) is 2.90. The molecule has 4 rings (SSSR count). The highest BCUT2D eigenvalue weighted by Crippen LogP contribution is 2.36. The molecule has 0 spiro atoms. The van der Waals surface area contributed by atoms with E-state index in [9.17, 15) is 18.0 Å². The summed E-state index contributed by atoms with van der Waals surface area (Å²) < 4.78 is 41.2. The Balaban J connectivity index is 1.38. The normalized spacial score (nSPS) is 14.6. The Morgan fingerprint density at radius 1 is 0.892 bits per heavy atom. The molecule has 3 nitrogen and oxygen atoms in total. The first-order valence-corrected chi connectivity index (χ1v) is 13.8. The Morgan fingerprint density at radius 3 is 1.95 bits per heavy atom. The zero-order valence-electron chi connectivity index (χ0n) is 21.2. The standard InChI is InChI=1S/C30H33F3N2OS/c1-21(2)35(26-15-17-34(18-16-26)30(36)27-5-3-4-6-28(27)33)19-20-37-29(22-7-11-24(31)12-8-22)23-9-13-25(32)14-10-23/h3-14,21,26,29H,15-20H2,1-2H3. The van der Waals surface area contributed by atoms with E-state index in [1.54, 1.807) is 59.1 Å². The molecule has 0 aromatic heterocycles. The van der Waals surface area contributed by atoms with E-state index in [4.69, 9.17) is 0 Å². The zero-order valence-corrected chi connectivity index (χ0v) is 22.1. The van der Waals surface area contributed by atoms with Gasteiger partial charge in [0, 0.05) is 37.5 Å². The minimum atomic E-state index is -0.479. The number of carbonyl (C=O) groups excluding carboxylic acids is 1. The number of likely N-dealkylation sites (tertiary alicyclic amines) is 1. The second kappa shape index (κ2) is 12.7. The molecule has 1 amide bonds. The molecule has 1 aliphatic heterocycles. The maximum Gasteiger partial charge on any atom is 0.256 e. The van der Waals surface area contributed by atoms with Gasteiger partial charge in [0.05, 0.1) is 10.8 Å². The molecule has 0 aliphatic carbocycles. The molecule has 1 heterocycles. The molecule has 0 N–H and O–H groups in total. The van der Waals surface area contributed by atoms with E-state index in [1.165, 1.54) is 30.3 Å². The molecule has 1 aliphatic rings. The Hall–Kier alpha value is -2.77. The number of thioether (sulfide) groups is 1. The van der Waals surface area contributed by atoms with Crippen LogP contribution in [0.15, 0.2) is 72.8 Å². The van der Waals surface area contributed by atoms with Gasteiger partial charge in [-0.15, -0.1) is 11.8 Å². The van der Waals surface area contributed by atoms with E-state index in [1.807, 2.05) is 0 Å². The van der Waals surface area contributed by atoms with Crippen molar-refractivity contribution in [3.63, 3.8) is 0 Å². The first-order valence-electron chi connectivity index (χ1n) is 12.8. The van der Waals surface area contributed by atoms with Gasteiger partial charge < -0.3 is 4.90 Å². The van der Waals surface area contributed by atoms with Crippen molar-refractivity contribution in [2.45, 2.75) is 44.0 Å². The van der Waals surface area contributed by atoms with Crippen LogP contribution in [0, 0.1) is 17.5 Å². The second-order valence-electron chi connectivity index (χ2n) is 9.69. The lowest BCUT2D eigenvalue weighted by atomic mass is 10.0. The highest BCUT2D eigenvalue weighted by Gasteiger charge is 2.29. The SMILES string of the molecule is CC(C)N(CCSC(c1ccc(F)cc1)c1ccc(F)cc1)C1CCN(C(=O)c2ccccc2F)CC1. The molecular weight excluding hydrogens is 493 g/mol. The van der Waals surface area contributed by atoms with Crippen LogP contribution in [0.5, 0.6) is 0 Å². The van der Waals surface area contributed by atoms with Crippen LogP contribution in [0.1, 0.15) is 53.4 Å². The van der Waals surface area contributed by atoms with Crippen LogP contribution >= 0.6 is 11.8 Å². The molecular formula is C30H33F3N2OS. The molecule has 1 fully saturated rings. The molecule has 0 bridgehead atoms. The van der Waals surface area contributed by atoms with Crippen LogP contribution in [0.2, 0.25) is 0 Å². The van der Waals surface area contributed by atoms with Crippen molar-refractivity contribution in [2.24, 2.45) is 0 Å². The van der Waals surface area contributed by atoms with Crippen molar-refractivity contribution in [3.05, 3.63) is 107 Å². The summed E-state index contributed by atoms with van der Waals surface area (Å²) in [4.78, 5) is 17.0. The molecule has 0 saturated carbocycles. The Labute approximate surface area is 221 Å². The minimum absolute atomic E-state index is 0.0320. The topological polar surface area (TPSA) is 23.6 Å². The molecule has 0 unspecified atom stereocenters. The van der Waals surface area contributed by atoms with E-state index in [2.05, 4.69) is 18.7 Å². The quantitative estimate of drug-likeness (QED) is 0.302. The summed E-state index contributed by atoms with van der Waals surface area (Å²) in [5.41, 5.74) is 2.09. The number of nitrogens with zero attached hydrogens (tertiary/aromatic N) is 2. The average molecular weight is 527 g/mol. The Morgan fingerprint density at radius 2 is 1.43 bits per heavy atom. The number of rotatable bonds is 9. The third-order valence-electron chi connectivity index (χ3n) is 6.97. The van der Waals surface area contributed by atoms with Gasteiger partial charge in [0.1, 0.15) is 17.5 Å². The molecule has 37 heavy (non-hydrogen) atoms. The second-order valence-corrected chi connectivity index (χ2v) is 10.9. The first-order chi connectivity index (χ1) is 17.8. The van der Waals surface area contributed by atoms with Crippen molar-refractivity contribution in [2.75, 3.05) is 25.4 Å². The van der Waals surface area contributed by atoms with Crippen LogP contribution in [0.25, 0.3) is 0 Å². The largest absolute Gasteiger partial charge is 0.338 e. The molecule has 3 aromatic carbocycles. The number of piperidine rings is 1. The lowest BCUT2D eigenvalue weighted by molar-refractivity contribution is 0.0579. The van der Waals surface area contributed by atoms with Crippen LogP contribution in [-0.2, 0) is 0 Å². The molecule has 1 saturated heterocycles. The number of hydrogen-bond acceptors (Lipinski definition) is 3. The van der Waals surface area contributed by atoms with Crippen molar-refractivity contribution in [1.82, 2.24) is 9.80 Å². The van der Waals surface area contributed by atoms with E-state index in [0.717, 1.165) is 36.3 Å². The van der Waals surface area contributed by atoms with Crippen LogP contribution in [0.3, 0.4) is 0 Å². The number of amides is 1. The fourth-order valence-electron chi connectivity index (χ4n) is 5.00. The molecule has 3 aromatic rings.